The van der Waals surface area contributed by atoms with Gasteiger partial charge in [-0.25, -0.2) is 13.2 Å². The molecule has 1 heterocycles. The number of fused-ring (bicyclic) bond motifs is 1. The predicted molar refractivity (Wildman–Crippen MR) is 153 cm³/mol. The summed E-state index contributed by atoms with van der Waals surface area (Å²) in [6.45, 7) is 4.35. The number of amides is 1. The van der Waals surface area contributed by atoms with Gasteiger partial charge in [0, 0.05) is 32.5 Å². The van der Waals surface area contributed by atoms with Crippen molar-refractivity contribution in [2.24, 2.45) is 11.8 Å². The molecule has 0 aromatic heterocycles. The highest BCUT2D eigenvalue weighted by molar-refractivity contribution is 7.89. The maximum absolute atomic E-state index is 13.6. The van der Waals surface area contributed by atoms with E-state index < -0.39 is 28.3 Å². The summed E-state index contributed by atoms with van der Waals surface area (Å²) in [5.74, 6) is 0.720. The smallest absolute Gasteiger partial charge is 0.407 e. The Labute approximate surface area is 243 Å². The predicted octanol–water partition coefficient (Wildman–Crippen LogP) is 3.23. The van der Waals surface area contributed by atoms with Crippen LogP contribution in [0.15, 0.2) is 59.5 Å². The SMILES string of the molecule is COc1ccc(S(=O)(=O)N(CC(C)C)CC(O)[C@H](Cc2ccccc2)NC(=O)O[C@@H]2C[C@@H]3[C@H](OC)CO[C@@H]3C2)cc1. The van der Waals surface area contributed by atoms with Gasteiger partial charge >= 0.3 is 6.09 Å². The van der Waals surface area contributed by atoms with Crippen LogP contribution >= 0.6 is 0 Å². The molecule has 1 unspecified atom stereocenters. The largest absolute Gasteiger partial charge is 0.497 e. The second kappa shape index (κ2) is 14.0. The Morgan fingerprint density at radius 3 is 2.41 bits per heavy atom. The van der Waals surface area contributed by atoms with Crippen molar-refractivity contribution in [1.29, 1.82) is 0 Å². The van der Waals surface area contributed by atoms with Gasteiger partial charge in [-0.3, -0.25) is 0 Å². The van der Waals surface area contributed by atoms with Gasteiger partial charge in [-0.2, -0.15) is 4.31 Å². The van der Waals surface area contributed by atoms with Crippen LogP contribution in [0.1, 0.15) is 32.3 Å². The van der Waals surface area contributed by atoms with Gasteiger partial charge in [-0.05, 0) is 48.6 Å². The number of hydrogen-bond donors (Lipinski definition) is 2. The zero-order valence-corrected chi connectivity index (χ0v) is 25.0. The van der Waals surface area contributed by atoms with Crippen LogP contribution in [0, 0.1) is 11.8 Å². The number of sulfonamides is 1. The summed E-state index contributed by atoms with van der Waals surface area (Å²) < 4.78 is 50.7. The summed E-state index contributed by atoms with van der Waals surface area (Å²) in [5.41, 5.74) is 0.886. The van der Waals surface area contributed by atoms with E-state index in [4.69, 9.17) is 18.9 Å². The normalized spacial score (nSPS) is 23.8. The Balaban J connectivity index is 1.48. The third-order valence-corrected chi connectivity index (χ3v) is 9.61. The molecule has 0 bridgehead atoms. The first-order valence-electron chi connectivity index (χ1n) is 14.1. The van der Waals surface area contributed by atoms with E-state index in [9.17, 15) is 18.3 Å². The van der Waals surface area contributed by atoms with Crippen molar-refractivity contribution in [1.82, 2.24) is 9.62 Å². The number of aliphatic hydroxyl groups excluding tert-OH is 1. The molecule has 1 amide bonds. The first kappa shape index (κ1) is 31.2. The Kier molecular flexibility index (Phi) is 10.6. The molecule has 1 aliphatic heterocycles. The van der Waals surface area contributed by atoms with Crippen molar-refractivity contribution in [3.63, 3.8) is 0 Å². The fourth-order valence-electron chi connectivity index (χ4n) is 5.65. The second-order valence-corrected chi connectivity index (χ2v) is 13.1. The lowest BCUT2D eigenvalue weighted by Gasteiger charge is -2.31. The molecule has 1 aliphatic carbocycles. The number of rotatable bonds is 13. The van der Waals surface area contributed by atoms with Crippen LogP contribution in [0.2, 0.25) is 0 Å². The lowest BCUT2D eigenvalue weighted by molar-refractivity contribution is 0.0297. The quantitative estimate of drug-likeness (QED) is 0.365. The maximum Gasteiger partial charge on any atom is 0.407 e. The molecule has 2 aliphatic rings. The molecule has 2 aromatic carbocycles. The minimum absolute atomic E-state index is 0.000634. The zero-order chi connectivity index (χ0) is 29.6. The number of nitrogens with one attached hydrogen (secondary N) is 1. The first-order chi connectivity index (χ1) is 19.6. The van der Waals surface area contributed by atoms with E-state index in [2.05, 4.69) is 5.32 Å². The minimum Gasteiger partial charge on any atom is -0.497 e. The fourth-order valence-corrected chi connectivity index (χ4v) is 7.27. The third-order valence-electron chi connectivity index (χ3n) is 7.76. The lowest BCUT2D eigenvalue weighted by atomic mass is 10.0. The average Bonchev–Trinajstić information content (AvgIpc) is 3.52. The summed E-state index contributed by atoms with van der Waals surface area (Å²) in [7, 11) is -0.769. The number of ether oxygens (including phenoxy) is 4. The van der Waals surface area contributed by atoms with Crippen LogP contribution in [0.5, 0.6) is 5.75 Å². The van der Waals surface area contributed by atoms with E-state index in [1.165, 1.54) is 23.5 Å². The molecular formula is C30H42N2O8S. The van der Waals surface area contributed by atoms with Crippen molar-refractivity contribution in [3.05, 3.63) is 60.2 Å². The van der Waals surface area contributed by atoms with Gasteiger partial charge in [-0.1, -0.05) is 44.2 Å². The molecule has 2 N–H and O–H groups in total. The highest BCUT2D eigenvalue weighted by atomic mass is 32.2. The van der Waals surface area contributed by atoms with Gasteiger partial charge in [0.25, 0.3) is 0 Å². The van der Waals surface area contributed by atoms with Crippen LogP contribution in [0.3, 0.4) is 0 Å². The number of hydrogen-bond acceptors (Lipinski definition) is 8. The molecule has 2 aromatic rings. The molecule has 4 rings (SSSR count). The van der Waals surface area contributed by atoms with Crippen LogP contribution in [0.25, 0.3) is 0 Å². The van der Waals surface area contributed by atoms with Crippen molar-refractivity contribution >= 4 is 16.1 Å². The first-order valence-corrected chi connectivity index (χ1v) is 15.5. The number of carbonyl (C=O) groups excluding carboxylic acids is 1. The Bertz CT molecular complexity index is 1220. The van der Waals surface area contributed by atoms with Crippen LogP contribution in [-0.4, -0.2) is 88.3 Å². The molecule has 0 radical (unpaired) electrons. The summed E-state index contributed by atoms with van der Waals surface area (Å²) in [4.78, 5) is 13.2. The molecule has 11 heteroatoms. The topological polar surface area (TPSA) is 124 Å². The molecule has 41 heavy (non-hydrogen) atoms. The number of alkyl carbamates (subject to hydrolysis) is 1. The van der Waals surface area contributed by atoms with E-state index in [1.54, 1.807) is 19.2 Å². The summed E-state index contributed by atoms with van der Waals surface area (Å²) in [6.07, 6.45) is -0.682. The number of aliphatic hydroxyl groups is 1. The standard InChI is InChI=1S/C30H42N2O8S/c1-20(2)17-32(41(35,36)24-12-10-22(37-3)11-13-24)18-27(33)26(14-21-8-6-5-7-9-21)31-30(34)40-23-15-25-28(16-23)39-19-29(25)38-4/h5-13,20,23,25-29,33H,14-19H2,1-4H3,(H,31,34)/t23-,25+,26+,27?,28-,29-/m1/s1. The van der Waals surface area contributed by atoms with E-state index in [1.807, 2.05) is 44.2 Å². The van der Waals surface area contributed by atoms with E-state index in [0.717, 1.165) is 5.56 Å². The molecule has 0 spiro atoms. The van der Waals surface area contributed by atoms with Gasteiger partial charge in [0.2, 0.25) is 10.0 Å². The number of methoxy groups -OCH3 is 2. The number of nitrogens with zero attached hydrogens (tertiary/aromatic N) is 1. The Hall–Kier alpha value is -2.70. The van der Waals surface area contributed by atoms with Crippen molar-refractivity contribution < 1.29 is 37.3 Å². The van der Waals surface area contributed by atoms with Crippen LogP contribution < -0.4 is 10.1 Å². The van der Waals surface area contributed by atoms with E-state index in [0.29, 0.717) is 31.6 Å². The monoisotopic (exact) mass is 590 g/mol. The summed E-state index contributed by atoms with van der Waals surface area (Å²) in [5, 5.41) is 14.2. The number of carbonyl (C=O) groups is 1. The summed E-state index contributed by atoms with van der Waals surface area (Å²) >= 11 is 0. The Morgan fingerprint density at radius 2 is 1.78 bits per heavy atom. The van der Waals surface area contributed by atoms with Crippen molar-refractivity contribution in [2.75, 3.05) is 33.9 Å². The molecule has 1 saturated heterocycles. The molecule has 6 atom stereocenters. The van der Waals surface area contributed by atoms with Crippen LogP contribution in [0.4, 0.5) is 4.79 Å². The van der Waals surface area contributed by atoms with Gasteiger partial charge < -0.3 is 29.4 Å². The van der Waals surface area contributed by atoms with Gasteiger partial charge in [0.1, 0.15) is 11.9 Å². The summed E-state index contributed by atoms with van der Waals surface area (Å²) in [6, 6.07) is 14.8. The van der Waals surface area contributed by atoms with Gasteiger partial charge in [0.15, 0.2) is 0 Å². The van der Waals surface area contributed by atoms with E-state index >= 15 is 0 Å². The molecule has 2 fully saturated rings. The lowest BCUT2D eigenvalue weighted by Crippen LogP contribution is -2.51. The van der Waals surface area contributed by atoms with E-state index in [-0.39, 0.29) is 48.1 Å². The van der Waals surface area contributed by atoms with Gasteiger partial charge in [0.05, 0.1) is 43.0 Å². The molecule has 1 saturated carbocycles. The second-order valence-electron chi connectivity index (χ2n) is 11.2. The van der Waals surface area contributed by atoms with Gasteiger partial charge in [-0.15, -0.1) is 0 Å². The zero-order valence-electron chi connectivity index (χ0n) is 24.1. The molecular weight excluding hydrogens is 548 g/mol. The van der Waals surface area contributed by atoms with Crippen molar-refractivity contribution in [3.8, 4) is 5.75 Å². The minimum atomic E-state index is -3.94. The highest BCUT2D eigenvalue weighted by Crippen LogP contribution is 2.38. The average molecular weight is 591 g/mol. The Morgan fingerprint density at radius 1 is 1.07 bits per heavy atom. The molecule has 226 valence electrons. The third kappa shape index (κ3) is 7.98. The number of benzene rings is 2. The molecule has 10 nitrogen and oxygen atoms in total. The highest BCUT2D eigenvalue weighted by Gasteiger charge is 2.46. The van der Waals surface area contributed by atoms with Crippen LogP contribution in [-0.2, 0) is 30.7 Å². The fraction of sp³-hybridized carbons (Fsp3) is 0.567. The van der Waals surface area contributed by atoms with Crippen molar-refractivity contribution in [2.45, 2.75) is 68.5 Å². The maximum atomic E-state index is 13.6.